The van der Waals surface area contributed by atoms with Crippen molar-refractivity contribution >= 4 is 17.2 Å². The lowest BCUT2D eigenvalue weighted by molar-refractivity contribution is -0.384. The fraction of sp³-hybridized carbons (Fsp3) is 0.278. The number of nitro groups is 1. The largest absolute Gasteiger partial charge is 0.365 e. The molecule has 2 heterocycles. The molecule has 24 heavy (non-hydrogen) atoms. The Labute approximate surface area is 140 Å². The Morgan fingerprint density at radius 3 is 2.54 bits per heavy atom. The highest BCUT2D eigenvalue weighted by Crippen LogP contribution is 2.36. The van der Waals surface area contributed by atoms with Gasteiger partial charge < -0.3 is 5.32 Å². The van der Waals surface area contributed by atoms with Gasteiger partial charge in [0.25, 0.3) is 5.69 Å². The third-order valence-electron chi connectivity index (χ3n) is 3.62. The fourth-order valence-electron chi connectivity index (χ4n) is 2.65. The first-order valence-corrected chi connectivity index (χ1v) is 7.77. The number of aryl methyl sites for hydroxylation is 1. The Kier molecular flexibility index (Phi) is 3.75. The van der Waals surface area contributed by atoms with Crippen molar-refractivity contribution in [1.29, 1.82) is 0 Å². The van der Waals surface area contributed by atoms with Crippen molar-refractivity contribution in [3.63, 3.8) is 0 Å². The van der Waals surface area contributed by atoms with Crippen molar-refractivity contribution in [3.8, 4) is 11.3 Å². The molecule has 0 spiro atoms. The number of hydrogen-bond donors (Lipinski definition) is 1. The molecule has 6 nitrogen and oxygen atoms in total. The monoisotopic (exact) mass is 324 g/mol. The first-order chi connectivity index (χ1) is 11.3. The molecule has 2 aromatic heterocycles. The lowest BCUT2D eigenvalue weighted by Gasteiger charge is -2.22. The lowest BCUT2D eigenvalue weighted by Crippen LogP contribution is -2.27. The van der Waals surface area contributed by atoms with E-state index in [1.54, 1.807) is 18.2 Å². The molecule has 3 rings (SSSR count). The molecule has 1 N–H and O–H groups in total. The number of fused-ring (bicyclic) bond motifs is 1. The second-order valence-electron chi connectivity index (χ2n) is 6.89. The van der Waals surface area contributed by atoms with Crippen LogP contribution in [0, 0.1) is 17.0 Å². The molecule has 1 aromatic carbocycles. The first kappa shape index (κ1) is 16.0. The van der Waals surface area contributed by atoms with Crippen LogP contribution in [0.1, 0.15) is 26.3 Å². The highest BCUT2D eigenvalue weighted by atomic mass is 16.6. The molecule has 0 saturated carbocycles. The molecule has 0 aliphatic carbocycles. The average molecular weight is 324 g/mol. The van der Waals surface area contributed by atoms with Crippen LogP contribution in [0.15, 0.2) is 42.6 Å². The van der Waals surface area contributed by atoms with Crippen LogP contribution in [-0.2, 0) is 0 Å². The number of hydrogen-bond acceptors (Lipinski definition) is 4. The molecule has 0 aliphatic heterocycles. The third kappa shape index (κ3) is 2.95. The van der Waals surface area contributed by atoms with Gasteiger partial charge in [-0.05, 0) is 45.4 Å². The summed E-state index contributed by atoms with van der Waals surface area (Å²) in [6, 6.07) is 10.6. The summed E-state index contributed by atoms with van der Waals surface area (Å²) in [5.74, 6) is 0.760. The van der Waals surface area contributed by atoms with Gasteiger partial charge in [0.1, 0.15) is 17.2 Å². The Balaban J connectivity index is 2.32. The minimum atomic E-state index is -0.370. The van der Waals surface area contributed by atoms with E-state index in [0.29, 0.717) is 11.3 Å². The molecule has 6 heteroatoms. The third-order valence-corrected chi connectivity index (χ3v) is 3.62. The summed E-state index contributed by atoms with van der Waals surface area (Å²) in [4.78, 5) is 15.7. The molecular formula is C18H20N4O2. The summed E-state index contributed by atoms with van der Waals surface area (Å²) in [5, 5.41) is 14.9. The van der Waals surface area contributed by atoms with Gasteiger partial charge in [-0.2, -0.15) is 0 Å². The van der Waals surface area contributed by atoms with Gasteiger partial charge in [-0.1, -0.05) is 18.2 Å². The second-order valence-corrected chi connectivity index (χ2v) is 6.89. The number of para-hydroxylation sites is 1. The summed E-state index contributed by atoms with van der Waals surface area (Å²) in [6.45, 7) is 8.15. The Hall–Kier alpha value is -2.89. The van der Waals surface area contributed by atoms with E-state index in [2.05, 4.69) is 10.3 Å². The quantitative estimate of drug-likeness (QED) is 0.571. The predicted molar refractivity (Wildman–Crippen MR) is 95.4 cm³/mol. The number of aromatic nitrogens is 2. The van der Waals surface area contributed by atoms with Gasteiger partial charge in [0.15, 0.2) is 0 Å². The zero-order valence-electron chi connectivity index (χ0n) is 14.2. The standard InChI is InChI=1S/C18H20N4O2/c1-12-9-10-15-19-16(13-7-5-6-8-14(13)22(23)24)17(21(15)11-12)20-18(2,3)4/h5-11,20H,1-4H3. The maximum absolute atomic E-state index is 11.4. The van der Waals surface area contributed by atoms with Crippen molar-refractivity contribution < 1.29 is 4.92 Å². The Morgan fingerprint density at radius 1 is 1.17 bits per heavy atom. The topological polar surface area (TPSA) is 72.5 Å². The van der Waals surface area contributed by atoms with Crippen LogP contribution in [0.4, 0.5) is 11.5 Å². The summed E-state index contributed by atoms with van der Waals surface area (Å²) in [7, 11) is 0. The molecule has 0 radical (unpaired) electrons. The van der Waals surface area contributed by atoms with E-state index in [-0.39, 0.29) is 16.1 Å². The van der Waals surface area contributed by atoms with E-state index < -0.39 is 0 Å². The molecular weight excluding hydrogens is 304 g/mol. The van der Waals surface area contributed by atoms with Gasteiger partial charge in [-0.25, -0.2) is 4.98 Å². The lowest BCUT2D eigenvalue weighted by atomic mass is 10.1. The summed E-state index contributed by atoms with van der Waals surface area (Å²) in [6.07, 6.45) is 1.98. The predicted octanol–water partition coefficient (Wildman–Crippen LogP) is 4.43. The van der Waals surface area contributed by atoms with Gasteiger partial charge >= 0.3 is 0 Å². The Bertz CT molecular complexity index is 922. The summed E-state index contributed by atoms with van der Waals surface area (Å²) < 4.78 is 1.95. The van der Waals surface area contributed by atoms with Crippen molar-refractivity contribution in [2.24, 2.45) is 0 Å². The van der Waals surface area contributed by atoms with E-state index in [1.165, 1.54) is 6.07 Å². The molecule has 124 valence electrons. The first-order valence-electron chi connectivity index (χ1n) is 7.77. The van der Waals surface area contributed by atoms with Crippen LogP contribution >= 0.6 is 0 Å². The SMILES string of the molecule is Cc1ccc2nc(-c3ccccc3[N+](=O)[O-])c(NC(C)(C)C)n2c1. The van der Waals surface area contributed by atoms with E-state index in [1.807, 2.05) is 50.4 Å². The molecule has 0 amide bonds. The van der Waals surface area contributed by atoms with E-state index in [9.17, 15) is 10.1 Å². The number of anilines is 1. The number of imidazole rings is 1. The molecule has 0 saturated heterocycles. The minimum absolute atomic E-state index is 0.0505. The molecule has 0 bridgehead atoms. The summed E-state index contributed by atoms with van der Waals surface area (Å²) >= 11 is 0. The van der Waals surface area contributed by atoms with Crippen LogP contribution < -0.4 is 5.32 Å². The van der Waals surface area contributed by atoms with Gasteiger partial charge in [-0.15, -0.1) is 0 Å². The molecule has 0 aliphatic rings. The average Bonchev–Trinajstić information content (AvgIpc) is 2.83. The van der Waals surface area contributed by atoms with Crippen LogP contribution in [0.25, 0.3) is 16.9 Å². The van der Waals surface area contributed by atoms with Crippen molar-refractivity contribution in [2.45, 2.75) is 33.2 Å². The number of benzene rings is 1. The van der Waals surface area contributed by atoms with Crippen LogP contribution in [-0.4, -0.2) is 19.8 Å². The second kappa shape index (κ2) is 5.63. The Morgan fingerprint density at radius 2 is 1.88 bits per heavy atom. The van der Waals surface area contributed by atoms with Crippen LogP contribution in [0.2, 0.25) is 0 Å². The zero-order valence-corrected chi connectivity index (χ0v) is 14.2. The van der Waals surface area contributed by atoms with Gasteiger partial charge in [0.05, 0.1) is 10.5 Å². The number of nitrogens with zero attached hydrogens (tertiary/aromatic N) is 3. The molecule has 0 unspecified atom stereocenters. The zero-order chi connectivity index (χ0) is 17.5. The van der Waals surface area contributed by atoms with Crippen molar-refractivity contribution in [1.82, 2.24) is 9.38 Å². The number of nitro benzene ring substituents is 1. The highest BCUT2D eigenvalue weighted by molar-refractivity contribution is 5.82. The normalized spacial score (nSPS) is 11.7. The highest BCUT2D eigenvalue weighted by Gasteiger charge is 2.24. The van der Waals surface area contributed by atoms with Crippen molar-refractivity contribution in [3.05, 3.63) is 58.3 Å². The number of pyridine rings is 1. The fourth-order valence-corrected chi connectivity index (χ4v) is 2.65. The van der Waals surface area contributed by atoms with Gasteiger partial charge in [0, 0.05) is 17.8 Å². The molecule has 0 atom stereocenters. The maximum Gasteiger partial charge on any atom is 0.278 e. The van der Waals surface area contributed by atoms with Crippen LogP contribution in [0.3, 0.4) is 0 Å². The molecule has 0 fully saturated rings. The molecule has 3 aromatic rings. The van der Waals surface area contributed by atoms with Gasteiger partial charge in [-0.3, -0.25) is 14.5 Å². The smallest absolute Gasteiger partial charge is 0.278 e. The van der Waals surface area contributed by atoms with Crippen LogP contribution in [0.5, 0.6) is 0 Å². The maximum atomic E-state index is 11.4. The van der Waals surface area contributed by atoms with Gasteiger partial charge in [0.2, 0.25) is 0 Å². The van der Waals surface area contributed by atoms with Crippen molar-refractivity contribution in [2.75, 3.05) is 5.32 Å². The van der Waals surface area contributed by atoms with E-state index in [4.69, 9.17) is 0 Å². The minimum Gasteiger partial charge on any atom is -0.365 e. The van der Waals surface area contributed by atoms with E-state index in [0.717, 1.165) is 17.0 Å². The number of rotatable bonds is 3. The summed E-state index contributed by atoms with van der Waals surface area (Å²) in [5.41, 5.74) is 2.78. The number of nitrogens with one attached hydrogen (secondary N) is 1. The van der Waals surface area contributed by atoms with E-state index >= 15 is 0 Å².